The maximum atomic E-state index is 4.71. The van der Waals surface area contributed by atoms with Crippen LogP contribution in [-0.4, -0.2) is 9.97 Å². The van der Waals surface area contributed by atoms with Gasteiger partial charge in [-0.25, -0.2) is 9.97 Å². The van der Waals surface area contributed by atoms with Crippen LogP contribution in [0.25, 0.3) is 22.0 Å². The highest BCUT2D eigenvalue weighted by Crippen LogP contribution is 2.36. The molecule has 3 nitrogen and oxygen atoms in total. The van der Waals surface area contributed by atoms with E-state index in [1.807, 2.05) is 30.5 Å². The fraction of sp³-hybridized carbons (Fsp3) is 0.231. The van der Waals surface area contributed by atoms with E-state index < -0.39 is 0 Å². The number of nitrogens with zero attached hydrogens (tertiary/aromatic N) is 2. The van der Waals surface area contributed by atoms with Crippen molar-refractivity contribution in [1.82, 2.24) is 9.97 Å². The first-order valence-electron chi connectivity index (χ1n) is 10.2. The van der Waals surface area contributed by atoms with Crippen molar-refractivity contribution >= 4 is 22.5 Å². The van der Waals surface area contributed by atoms with Gasteiger partial charge >= 0.3 is 0 Å². The zero-order chi connectivity index (χ0) is 20.4. The van der Waals surface area contributed by atoms with Crippen molar-refractivity contribution in [2.24, 2.45) is 0 Å². The van der Waals surface area contributed by atoms with Gasteiger partial charge in [-0.2, -0.15) is 0 Å². The van der Waals surface area contributed by atoms with Crippen molar-refractivity contribution in [3.63, 3.8) is 0 Å². The molecule has 0 fully saturated rings. The van der Waals surface area contributed by atoms with Crippen molar-refractivity contribution in [1.29, 1.82) is 0 Å². The largest absolute Gasteiger partial charge is 0.325 e. The standard InChI is InChI=1S/C26H27N3/c1-17(2)21-9-7-10-22(18(3)4)26(21)20-14-15-27-25(16-20)29-24-13-12-19-8-5-6-11-23(19)28-24/h5-18H,1-4H3,(H,27,28,29). The quantitative estimate of drug-likeness (QED) is 0.394. The summed E-state index contributed by atoms with van der Waals surface area (Å²) in [5.74, 6) is 2.51. The van der Waals surface area contributed by atoms with Gasteiger partial charge < -0.3 is 5.32 Å². The number of rotatable bonds is 5. The number of nitrogens with one attached hydrogen (secondary N) is 1. The number of anilines is 2. The number of para-hydroxylation sites is 1. The van der Waals surface area contributed by atoms with E-state index in [4.69, 9.17) is 4.98 Å². The number of hydrogen-bond donors (Lipinski definition) is 1. The normalized spacial score (nSPS) is 11.4. The van der Waals surface area contributed by atoms with Crippen LogP contribution in [0.15, 0.2) is 72.9 Å². The molecule has 4 rings (SSSR count). The lowest BCUT2D eigenvalue weighted by atomic mass is 9.85. The van der Waals surface area contributed by atoms with Crippen molar-refractivity contribution in [2.75, 3.05) is 5.32 Å². The van der Waals surface area contributed by atoms with Crippen LogP contribution >= 0.6 is 0 Å². The van der Waals surface area contributed by atoms with Gasteiger partial charge in [-0.1, -0.05) is 64.1 Å². The zero-order valence-electron chi connectivity index (χ0n) is 17.5. The second kappa shape index (κ2) is 8.04. The Morgan fingerprint density at radius 3 is 2.17 bits per heavy atom. The molecular formula is C26H27N3. The molecule has 3 heteroatoms. The topological polar surface area (TPSA) is 37.8 Å². The molecule has 0 aliphatic heterocycles. The first-order valence-corrected chi connectivity index (χ1v) is 10.2. The Kier molecular flexibility index (Phi) is 5.30. The summed E-state index contributed by atoms with van der Waals surface area (Å²) in [6.45, 7) is 9.01. The van der Waals surface area contributed by atoms with Crippen LogP contribution in [0.2, 0.25) is 0 Å². The molecule has 1 N–H and O–H groups in total. The van der Waals surface area contributed by atoms with E-state index in [0.29, 0.717) is 11.8 Å². The predicted octanol–water partition coefficient (Wildman–Crippen LogP) is 7.29. The predicted molar refractivity (Wildman–Crippen MR) is 123 cm³/mol. The van der Waals surface area contributed by atoms with E-state index in [-0.39, 0.29) is 0 Å². The third-order valence-electron chi connectivity index (χ3n) is 5.28. The van der Waals surface area contributed by atoms with Gasteiger partial charge in [0.05, 0.1) is 5.52 Å². The summed E-state index contributed by atoms with van der Waals surface area (Å²) in [5.41, 5.74) is 6.24. The van der Waals surface area contributed by atoms with Gasteiger partial charge in [-0.05, 0) is 64.4 Å². The van der Waals surface area contributed by atoms with Crippen LogP contribution in [0.5, 0.6) is 0 Å². The molecule has 0 aliphatic carbocycles. The lowest BCUT2D eigenvalue weighted by Crippen LogP contribution is -2.01. The molecule has 146 valence electrons. The highest BCUT2D eigenvalue weighted by Gasteiger charge is 2.16. The number of aromatic nitrogens is 2. The molecule has 0 aliphatic rings. The van der Waals surface area contributed by atoms with Gasteiger partial charge in [0.2, 0.25) is 0 Å². The van der Waals surface area contributed by atoms with Gasteiger partial charge in [0.1, 0.15) is 11.6 Å². The molecule has 29 heavy (non-hydrogen) atoms. The molecule has 2 aromatic carbocycles. The van der Waals surface area contributed by atoms with Crippen molar-refractivity contribution in [3.05, 3.63) is 84.1 Å². The second-order valence-corrected chi connectivity index (χ2v) is 8.06. The summed E-state index contributed by atoms with van der Waals surface area (Å²) < 4.78 is 0. The van der Waals surface area contributed by atoms with E-state index in [2.05, 4.69) is 80.5 Å². The number of hydrogen-bond acceptors (Lipinski definition) is 3. The summed E-state index contributed by atoms with van der Waals surface area (Å²) in [5, 5.41) is 4.51. The SMILES string of the molecule is CC(C)c1cccc(C(C)C)c1-c1ccnc(Nc2ccc3ccccc3n2)c1. The Balaban J connectivity index is 1.74. The number of benzene rings is 2. The van der Waals surface area contributed by atoms with E-state index >= 15 is 0 Å². The molecule has 4 aromatic rings. The molecule has 0 atom stereocenters. The molecule has 0 bridgehead atoms. The maximum absolute atomic E-state index is 4.71. The minimum Gasteiger partial charge on any atom is -0.325 e. The minimum absolute atomic E-state index is 0.454. The van der Waals surface area contributed by atoms with Crippen LogP contribution in [0.3, 0.4) is 0 Å². The highest BCUT2D eigenvalue weighted by atomic mass is 15.0. The Bertz CT molecular complexity index is 1120. The first-order chi connectivity index (χ1) is 14.0. The van der Waals surface area contributed by atoms with Crippen molar-refractivity contribution in [2.45, 2.75) is 39.5 Å². The van der Waals surface area contributed by atoms with Crippen LogP contribution < -0.4 is 5.32 Å². The molecule has 0 radical (unpaired) electrons. The van der Waals surface area contributed by atoms with E-state index in [9.17, 15) is 0 Å². The molecular weight excluding hydrogens is 354 g/mol. The molecule has 0 saturated carbocycles. The molecule has 0 amide bonds. The Morgan fingerprint density at radius 1 is 0.724 bits per heavy atom. The summed E-state index contributed by atoms with van der Waals surface area (Å²) in [7, 11) is 0. The lowest BCUT2D eigenvalue weighted by molar-refractivity contribution is 0.838. The summed E-state index contributed by atoms with van der Waals surface area (Å²) in [6, 6.07) is 23.1. The van der Waals surface area contributed by atoms with Crippen LogP contribution in [0, 0.1) is 0 Å². The lowest BCUT2D eigenvalue weighted by Gasteiger charge is -2.20. The Morgan fingerprint density at radius 2 is 1.45 bits per heavy atom. The van der Waals surface area contributed by atoms with Gasteiger partial charge in [0, 0.05) is 11.6 Å². The summed E-state index contributed by atoms with van der Waals surface area (Å²) in [4.78, 5) is 9.25. The molecule has 2 aromatic heterocycles. The average Bonchev–Trinajstić information content (AvgIpc) is 2.73. The Hall–Kier alpha value is -3.20. The minimum atomic E-state index is 0.454. The first kappa shape index (κ1) is 19.1. The second-order valence-electron chi connectivity index (χ2n) is 8.06. The maximum Gasteiger partial charge on any atom is 0.132 e. The molecule has 0 saturated heterocycles. The zero-order valence-corrected chi connectivity index (χ0v) is 17.5. The summed E-state index contributed by atoms with van der Waals surface area (Å²) in [6.07, 6.45) is 1.87. The third kappa shape index (κ3) is 4.00. The third-order valence-corrected chi connectivity index (χ3v) is 5.28. The van der Waals surface area contributed by atoms with Gasteiger partial charge in [-0.15, -0.1) is 0 Å². The van der Waals surface area contributed by atoms with Gasteiger partial charge in [0.15, 0.2) is 0 Å². The smallest absolute Gasteiger partial charge is 0.132 e. The summed E-state index contributed by atoms with van der Waals surface area (Å²) >= 11 is 0. The van der Waals surface area contributed by atoms with Crippen LogP contribution in [0.1, 0.15) is 50.7 Å². The fourth-order valence-electron chi connectivity index (χ4n) is 3.81. The van der Waals surface area contributed by atoms with Crippen LogP contribution in [-0.2, 0) is 0 Å². The van der Waals surface area contributed by atoms with Crippen molar-refractivity contribution in [3.8, 4) is 11.1 Å². The van der Waals surface area contributed by atoms with E-state index in [0.717, 1.165) is 22.5 Å². The average molecular weight is 382 g/mol. The van der Waals surface area contributed by atoms with Crippen molar-refractivity contribution < 1.29 is 0 Å². The molecule has 0 unspecified atom stereocenters. The van der Waals surface area contributed by atoms with E-state index in [1.54, 1.807) is 0 Å². The fourth-order valence-corrected chi connectivity index (χ4v) is 3.81. The Labute approximate surface area is 172 Å². The van der Waals surface area contributed by atoms with Gasteiger partial charge in [-0.3, -0.25) is 0 Å². The number of pyridine rings is 2. The van der Waals surface area contributed by atoms with Gasteiger partial charge in [0.25, 0.3) is 0 Å². The molecule has 0 spiro atoms. The van der Waals surface area contributed by atoms with E-state index in [1.165, 1.54) is 22.3 Å². The molecule has 2 heterocycles. The van der Waals surface area contributed by atoms with Crippen LogP contribution in [0.4, 0.5) is 11.6 Å². The number of fused-ring (bicyclic) bond motifs is 1. The highest BCUT2D eigenvalue weighted by molar-refractivity contribution is 5.81. The monoisotopic (exact) mass is 381 g/mol.